The van der Waals surface area contributed by atoms with Crippen LogP contribution in [0.5, 0.6) is 0 Å². The van der Waals surface area contributed by atoms with Gasteiger partial charge in [0.2, 0.25) is 0 Å². The molecular weight excluding hydrogens is 202 g/mol. The first-order valence-electron chi connectivity index (χ1n) is 5.95. The largest absolute Gasteiger partial charge is 0.379 e. The SMILES string of the molecule is CCC(N)(CC)COCCc1ccnn1C. The Morgan fingerprint density at radius 1 is 1.44 bits per heavy atom. The summed E-state index contributed by atoms with van der Waals surface area (Å²) in [5.74, 6) is 0. The van der Waals surface area contributed by atoms with Crippen molar-refractivity contribution < 1.29 is 4.74 Å². The molecule has 0 atom stereocenters. The summed E-state index contributed by atoms with van der Waals surface area (Å²) in [6, 6.07) is 2.01. The Morgan fingerprint density at radius 2 is 2.12 bits per heavy atom. The van der Waals surface area contributed by atoms with E-state index in [1.165, 1.54) is 5.69 Å². The molecule has 0 bridgehead atoms. The highest BCUT2D eigenvalue weighted by atomic mass is 16.5. The van der Waals surface area contributed by atoms with Crippen LogP contribution in [0.2, 0.25) is 0 Å². The summed E-state index contributed by atoms with van der Waals surface area (Å²) in [6.45, 7) is 5.55. The van der Waals surface area contributed by atoms with E-state index in [4.69, 9.17) is 10.5 Å². The van der Waals surface area contributed by atoms with Crippen LogP contribution in [-0.2, 0) is 18.2 Å². The highest BCUT2D eigenvalue weighted by molar-refractivity contribution is 4.99. The van der Waals surface area contributed by atoms with Crippen molar-refractivity contribution >= 4 is 0 Å². The molecule has 0 aliphatic rings. The van der Waals surface area contributed by atoms with Gasteiger partial charge in [-0.2, -0.15) is 5.10 Å². The minimum atomic E-state index is -0.160. The van der Waals surface area contributed by atoms with Gasteiger partial charge < -0.3 is 10.5 Å². The Bertz CT molecular complexity index is 305. The third kappa shape index (κ3) is 3.61. The highest BCUT2D eigenvalue weighted by Crippen LogP contribution is 2.11. The maximum Gasteiger partial charge on any atom is 0.0646 e. The van der Waals surface area contributed by atoms with Gasteiger partial charge in [0.1, 0.15) is 0 Å². The molecule has 2 N–H and O–H groups in total. The van der Waals surface area contributed by atoms with E-state index < -0.39 is 0 Å². The number of nitrogens with zero attached hydrogens (tertiary/aromatic N) is 2. The predicted molar refractivity (Wildman–Crippen MR) is 65.2 cm³/mol. The van der Waals surface area contributed by atoms with Gasteiger partial charge in [-0.25, -0.2) is 0 Å². The number of nitrogens with two attached hydrogens (primary N) is 1. The van der Waals surface area contributed by atoms with Crippen molar-refractivity contribution in [1.29, 1.82) is 0 Å². The standard InChI is InChI=1S/C12H23N3O/c1-4-12(13,5-2)10-16-9-7-11-6-8-14-15(11)3/h6,8H,4-5,7,9-10,13H2,1-3H3. The van der Waals surface area contributed by atoms with Crippen LogP contribution in [0.25, 0.3) is 0 Å². The molecule has 0 aromatic carbocycles. The van der Waals surface area contributed by atoms with Crippen LogP contribution in [-0.4, -0.2) is 28.5 Å². The molecule has 4 nitrogen and oxygen atoms in total. The van der Waals surface area contributed by atoms with Gasteiger partial charge in [-0.05, 0) is 18.9 Å². The molecule has 1 heterocycles. The zero-order valence-electron chi connectivity index (χ0n) is 10.6. The lowest BCUT2D eigenvalue weighted by Crippen LogP contribution is -2.43. The zero-order chi connectivity index (χ0) is 12.0. The second-order valence-electron chi connectivity index (χ2n) is 4.32. The summed E-state index contributed by atoms with van der Waals surface area (Å²) < 4.78 is 7.52. The smallest absolute Gasteiger partial charge is 0.0646 e. The van der Waals surface area contributed by atoms with E-state index in [0.717, 1.165) is 19.3 Å². The summed E-state index contributed by atoms with van der Waals surface area (Å²) in [7, 11) is 1.95. The van der Waals surface area contributed by atoms with Crippen LogP contribution in [0.4, 0.5) is 0 Å². The molecule has 0 aliphatic heterocycles. The number of aryl methyl sites for hydroxylation is 1. The summed E-state index contributed by atoms with van der Waals surface area (Å²) in [4.78, 5) is 0. The van der Waals surface area contributed by atoms with E-state index in [-0.39, 0.29) is 5.54 Å². The molecule has 0 radical (unpaired) electrons. The van der Waals surface area contributed by atoms with Crippen molar-refractivity contribution in [1.82, 2.24) is 9.78 Å². The topological polar surface area (TPSA) is 53.1 Å². The van der Waals surface area contributed by atoms with Crippen LogP contribution < -0.4 is 5.73 Å². The molecule has 1 rings (SSSR count). The van der Waals surface area contributed by atoms with E-state index in [9.17, 15) is 0 Å². The molecule has 1 aromatic heterocycles. The fourth-order valence-corrected chi connectivity index (χ4v) is 1.55. The van der Waals surface area contributed by atoms with Crippen LogP contribution in [0.15, 0.2) is 12.3 Å². The van der Waals surface area contributed by atoms with Crippen molar-refractivity contribution in [3.8, 4) is 0 Å². The minimum absolute atomic E-state index is 0.160. The first-order valence-corrected chi connectivity index (χ1v) is 5.95. The Morgan fingerprint density at radius 3 is 2.62 bits per heavy atom. The third-order valence-electron chi connectivity index (χ3n) is 3.22. The van der Waals surface area contributed by atoms with Crippen LogP contribution >= 0.6 is 0 Å². The number of aromatic nitrogens is 2. The quantitative estimate of drug-likeness (QED) is 0.715. The molecule has 0 fully saturated rings. The monoisotopic (exact) mass is 225 g/mol. The third-order valence-corrected chi connectivity index (χ3v) is 3.22. The molecule has 0 saturated heterocycles. The van der Waals surface area contributed by atoms with E-state index in [2.05, 4.69) is 18.9 Å². The van der Waals surface area contributed by atoms with Gasteiger partial charge in [0.15, 0.2) is 0 Å². The first kappa shape index (κ1) is 13.2. The molecule has 0 saturated carbocycles. The van der Waals surface area contributed by atoms with Gasteiger partial charge in [0.25, 0.3) is 0 Å². The lowest BCUT2D eigenvalue weighted by molar-refractivity contribution is 0.0823. The summed E-state index contributed by atoms with van der Waals surface area (Å²) in [5.41, 5.74) is 7.17. The van der Waals surface area contributed by atoms with Gasteiger partial charge in [0, 0.05) is 30.9 Å². The number of ether oxygens (including phenoxy) is 1. The maximum absolute atomic E-state index is 6.14. The Kier molecular flexibility index (Phi) is 4.96. The molecular formula is C12H23N3O. The van der Waals surface area contributed by atoms with Crippen LogP contribution in [0, 0.1) is 0 Å². The molecule has 92 valence electrons. The Labute approximate surface area is 97.8 Å². The first-order chi connectivity index (χ1) is 7.61. The normalized spacial score (nSPS) is 12.0. The van der Waals surface area contributed by atoms with Gasteiger partial charge in [0.05, 0.1) is 13.2 Å². The predicted octanol–water partition coefficient (Wildman–Crippen LogP) is 1.50. The van der Waals surface area contributed by atoms with Crippen molar-refractivity contribution in [2.24, 2.45) is 12.8 Å². The van der Waals surface area contributed by atoms with Crippen LogP contribution in [0.1, 0.15) is 32.4 Å². The summed E-state index contributed by atoms with van der Waals surface area (Å²) in [6.07, 6.45) is 4.60. The molecule has 0 spiro atoms. The van der Waals surface area contributed by atoms with Crippen molar-refractivity contribution in [2.75, 3.05) is 13.2 Å². The van der Waals surface area contributed by atoms with Gasteiger partial charge in [-0.15, -0.1) is 0 Å². The molecule has 4 heteroatoms. The van der Waals surface area contributed by atoms with Crippen molar-refractivity contribution in [3.05, 3.63) is 18.0 Å². The fraction of sp³-hybridized carbons (Fsp3) is 0.750. The number of hydrogen-bond acceptors (Lipinski definition) is 3. The van der Waals surface area contributed by atoms with Crippen molar-refractivity contribution in [3.63, 3.8) is 0 Å². The van der Waals surface area contributed by atoms with Crippen LogP contribution in [0.3, 0.4) is 0 Å². The lowest BCUT2D eigenvalue weighted by atomic mass is 9.96. The average molecular weight is 225 g/mol. The summed E-state index contributed by atoms with van der Waals surface area (Å²) in [5, 5.41) is 4.11. The van der Waals surface area contributed by atoms with Gasteiger partial charge in [-0.3, -0.25) is 4.68 Å². The Hall–Kier alpha value is -0.870. The Balaban J connectivity index is 2.24. The van der Waals surface area contributed by atoms with E-state index >= 15 is 0 Å². The second-order valence-corrected chi connectivity index (χ2v) is 4.32. The lowest BCUT2D eigenvalue weighted by Gasteiger charge is -2.26. The van der Waals surface area contributed by atoms with E-state index in [1.807, 2.05) is 17.8 Å². The average Bonchev–Trinajstić information content (AvgIpc) is 2.70. The molecule has 0 aliphatic carbocycles. The molecule has 0 amide bonds. The van der Waals surface area contributed by atoms with E-state index in [1.54, 1.807) is 6.20 Å². The van der Waals surface area contributed by atoms with Gasteiger partial charge >= 0.3 is 0 Å². The molecule has 1 aromatic rings. The number of hydrogen-bond donors (Lipinski definition) is 1. The number of rotatable bonds is 7. The van der Waals surface area contributed by atoms with E-state index in [0.29, 0.717) is 13.2 Å². The maximum atomic E-state index is 6.14. The molecule has 0 unspecified atom stereocenters. The zero-order valence-corrected chi connectivity index (χ0v) is 10.6. The second kappa shape index (κ2) is 6.01. The molecule has 16 heavy (non-hydrogen) atoms. The minimum Gasteiger partial charge on any atom is -0.379 e. The van der Waals surface area contributed by atoms with Gasteiger partial charge in [-0.1, -0.05) is 13.8 Å². The highest BCUT2D eigenvalue weighted by Gasteiger charge is 2.19. The fourth-order valence-electron chi connectivity index (χ4n) is 1.55. The van der Waals surface area contributed by atoms with Crippen molar-refractivity contribution in [2.45, 2.75) is 38.6 Å². The summed E-state index contributed by atoms with van der Waals surface area (Å²) >= 11 is 0.